The van der Waals surface area contributed by atoms with Gasteiger partial charge in [0.05, 0.1) is 12.1 Å². The predicted molar refractivity (Wildman–Crippen MR) is 105 cm³/mol. The lowest BCUT2D eigenvalue weighted by Crippen LogP contribution is -2.32. The molecule has 2 amide bonds. The van der Waals surface area contributed by atoms with Crippen LogP contribution in [0.25, 0.3) is 0 Å². The van der Waals surface area contributed by atoms with Crippen LogP contribution in [0.15, 0.2) is 36.4 Å². The summed E-state index contributed by atoms with van der Waals surface area (Å²) in [4.78, 5) is 25.7. The first-order chi connectivity index (χ1) is 12.3. The van der Waals surface area contributed by atoms with Crippen LogP contribution in [-0.2, 0) is 9.59 Å². The average molecular weight is 395 g/mol. The van der Waals surface area contributed by atoms with E-state index in [0.29, 0.717) is 27.2 Å². The highest BCUT2D eigenvalue weighted by Gasteiger charge is 2.15. The molecule has 0 aromatic heterocycles. The molecule has 0 aliphatic heterocycles. The quantitative estimate of drug-likeness (QED) is 0.772. The lowest BCUT2D eigenvalue weighted by molar-refractivity contribution is -0.117. The molecule has 0 bridgehead atoms. The fraction of sp³-hybridized carbons (Fsp3) is 0.263. The van der Waals surface area contributed by atoms with E-state index in [-0.39, 0.29) is 24.8 Å². The average Bonchev–Trinajstić information content (AvgIpc) is 2.57. The molecule has 0 radical (unpaired) electrons. The van der Waals surface area contributed by atoms with Crippen molar-refractivity contribution in [2.75, 3.05) is 23.9 Å². The Balaban J connectivity index is 2.05. The first-order valence-corrected chi connectivity index (χ1v) is 8.75. The van der Waals surface area contributed by atoms with Gasteiger partial charge in [-0.05, 0) is 48.9 Å². The zero-order valence-corrected chi connectivity index (χ0v) is 16.3. The Kier molecular flexibility index (Phi) is 6.89. The summed E-state index contributed by atoms with van der Waals surface area (Å²) in [6.45, 7) is 3.54. The van der Waals surface area contributed by atoms with Crippen LogP contribution in [-0.4, -0.2) is 25.5 Å². The van der Waals surface area contributed by atoms with E-state index in [1.165, 1.54) is 18.9 Å². The molecule has 2 aromatic carbocycles. The molecule has 138 valence electrons. The van der Waals surface area contributed by atoms with Crippen molar-refractivity contribution in [1.82, 2.24) is 0 Å². The molecular formula is C19H20Cl2N2O3. The third-order valence-corrected chi connectivity index (χ3v) is 4.38. The standard InChI is InChI=1S/C19H20Cl2N2O3/c1-12-10-14(20)4-6-17(12)22-19(25)8-9-23(13(2)24)15-5-7-18(26-3)16(21)11-15/h4-7,10-11H,8-9H2,1-3H3,(H,22,25). The SMILES string of the molecule is COc1ccc(N(CCC(=O)Nc2ccc(Cl)cc2C)C(C)=O)cc1Cl. The maximum absolute atomic E-state index is 12.2. The minimum Gasteiger partial charge on any atom is -0.495 e. The number of halogens is 2. The number of hydrogen-bond acceptors (Lipinski definition) is 3. The minimum absolute atomic E-state index is 0.144. The number of nitrogens with one attached hydrogen (secondary N) is 1. The molecule has 0 aliphatic rings. The molecule has 0 saturated heterocycles. The van der Waals surface area contributed by atoms with Gasteiger partial charge in [0.25, 0.3) is 0 Å². The summed E-state index contributed by atoms with van der Waals surface area (Å²) in [5, 5.41) is 3.84. The van der Waals surface area contributed by atoms with Crippen LogP contribution in [0.4, 0.5) is 11.4 Å². The van der Waals surface area contributed by atoms with E-state index < -0.39 is 0 Å². The number of ether oxygens (including phenoxy) is 1. The normalized spacial score (nSPS) is 10.3. The zero-order chi connectivity index (χ0) is 19.3. The molecule has 2 aromatic rings. The summed E-state index contributed by atoms with van der Waals surface area (Å²) < 4.78 is 5.12. The number of carbonyl (C=O) groups excluding carboxylic acids is 2. The first kappa shape index (κ1) is 20.1. The molecule has 0 spiro atoms. The van der Waals surface area contributed by atoms with E-state index in [1.807, 2.05) is 6.92 Å². The molecule has 0 aliphatic carbocycles. The molecule has 0 atom stereocenters. The Labute approximate surface area is 162 Å². The number of benzene rings is 2. The maximum Gasteiger partial charge on any atom is 0.226 e. The van der Waals surface area contributed by atoms with E-state index in [1.54, 1.807) is 36.4 Å². The highest BCUT2D eigenvalue weighted by atomic mass is 35.5. The summed E-state index contributed by atoms with van der Waals surface area (Å²) in [6.07, 6.45) is 0.144. The number of aryl methyl sites for hydroxylation is 1. The second-order valence-corrected chi connectivity index (χ2v) is 6.59. The van der Waals surface area contributed by atoms with Crippen LogP contribution in [0.2, 0.25) is 10.0 Å². The Morgan fingerprint density at radius 2 is 1.88 bits per heavy atom. The highest BCUT2D eigenvalue weighted by Crippen LogP contribution is 2.29. The van der Waals surface area contributed by atoms with Gasteiger partial charge < -0.3 is 15.0 Å². The fourth-order valence-corrected chi connectivity index (χ4v) is 2.96. The van der Waals surface area contributed by atoms with Gasteiger partial charge in [-0.2, -0.15) is 0 Å². The van der Waals surface area contributed by atoms with Crippen molar-refractivity contribution in [2.24, 2.45) is 0 Å². The van der Waals surface area contributed by atoms with Crippen LogP contribution in [0.5, 0.6) is 5.75 Å². The maximum atomic E-state index is 12.2. The van der Waals surface area contributed by atoms with Crippen molar-refractivity contribution in [1.29, 1.82) is 0 Å². The number of rotatable bonds is 6. The van der Waals surface area contributed by atoms with Gasteiger partial charge in [-0.15, -0.1) is 0 Å². The molecule has 5 nitrogen and oxygen atoms in total. The minimum atomic E-state index is -0.193. The number of nitrogens with zero attached hydrogens (tertiary/aromatic N) is 1. The van der Waals surface area contributed by atoms with Crippen molar-refractivity contribution in [3.63, 3.8) is 0 Å². The van der Waals surface area contributed by atoms with Gasteiger partial charge in [-0.3, -0.25) is 9.59 Å². The van der Waals surface area contributed by atoms with Crippen molar-refractivity contribution < 1.29 is 14.3 Å². The van der Waals surface area contributed by atoms with Gasteiger partial charge in [0.2, 0.25) is 11.8 Å². The molecule has 0 saturated carbocycles. The van der Waals surface area contributed by atoms with Gasteiger partial charge >= 0.3 is 0 Å². The van der Waals surface area contributed by atoms with Crippen LogP contribution >= 0.6 is 23.2 Å². The molecule has 2 rings (SSSR count). The van der Waals surface area contributed by atoms with Gasteiger partial charge in [-0.1, -0.05) is 23.2 Å². The Bertz CT molecular complexity index is 824. The van der Waals surface area contributed by atoms with E-state index in [9.17, 15) is 9.59 Å². The van der Waals surface area contributed by atoms with Crippen molar-refractivity contribution >= 4 is 46.4 Å². The molecule has 0 unspecified atom stereocenters. The van der Waals surface area contributed by atoms with Crippen molar-refractivity contribution in [2.45, 2.75) is 20.3 Å². The summed E-state index contributed by atoms with van der Waals surface area (Å²) in [6, 6.07) is 10.3. The van der Waals surface area contributed by atoms with E-state index in [2.05, 4.69) is 5.32 Å². The fourth-order valence-electron chi connectivity index (χ4n) is 2.48. The topological polar surface area (TPSA) is 58.6 Å². The van der Waals surface area contributed by atoms with Crippen LogP contribution < -0.4 is 15.0 Å². The van der Waals surface area contributed by atoms with E-state index in [0.717, 1.165) is 5.56 Å². The molecule has 0 heterocycles. The van der Waals surface area contributed by atoms with Crippen LogP contribution in [0.3, 0.4) is 0 Å². The lowest BCUT2D eigenvalue weighted by atomic mass is 10.2. The monoisotopic (exact) mass is 394 g/mol. The van der Waals surface area contributed by atoms with Crippen molar-refractivity contribution in [3.05, 3.63) is 52.0 Å². The van der Waals surface area contributed by atoms with E-state index in [4.69, 9.17) is 27.9 Å². The third-order valence-electron chi connectivity index (χ3n) is 3.85. The van der Waals surface area contributed by atoms with Crippen LogP contribution in [0, 0.1) is 6.92 Å². The Hall–Kier alpha value is -2.24. The Morgan fingerprint density at radius 3 is 2.46 bits per heavy atom. The number of hydrogen-bond donors (Lipinski definition) is 1. The van der Waals surface area contributed by atoms with Gasteiger partial charge in [-0.25, -0.2) is 0 Å². The lowest BCUT2D eigenvalue weighted by Gasteiger charge is -2.22. The second kappa shape index (κ2) is 8.92. The van der Waals surface area contributed by atoms with Gasteiger partial charge in [0.1, 0.15) is 5.75 Å². The van der Waals surface area contributed by atoms with Crippen LogP contribution in [0.1, 0.15) is 18.9 Å². The zero-order valence-electron chi connectivity index (χ0n) is 14.8. The first-order valence-electron chi connectivity index (χ1n) is 7.99. The smallest absolute Gasteiger partial charge is 0.226 e. The number of carbonyl (C=O) groups is 2. The molecular weight excluding hydrogens is 375 g/mol. The summed E-state index contributed by atoms with van der Waals surface area (Å²) in [5.74, 6) is 0.151. The van der Waals surface area contributed by atoms with E-state index >= 15 is 0 Å². The molecule has 0 fully saturated rings. The number of amides is 2. The summed E-state index contributed by atoms with van der Waals surface area (Å²) in [7, 11) is 1.52. The number of anilines is 2. The second-order valence-electron chi connectivity index (χ2n) is 5.75. The number of methoxy groups -OCH3 is 1. The Morgan fingerprint density at radius 1 is 1.15 bits per heavy atom. The molecule has 26 heavy (non-hydrogen) atoms. The van der Waals surface area contributed by atoms with Crippen molar-refractivity contribution in [3.8, 4) is 5.75 Å². The largest absolute Gasteiger partial charge is 0.495 e. The van der Waals surface area contributed by atoms with Gasteiger partial charge in [0, 0.05) is 36.3 Å². The highest BCUT2D eigenvalue weighted by molar-refractivity contribution is 6.32. The molecule has 1 N–H and O–H groups in total. The molecule has 7 heteroatoms. The van der Waals surface area contributed by atoms with Gasteiger partial charge in [0.15, 0.2) is 0 Å². The third kappa shape index (κ3) is 5.13. The summed E-state index contributed by atoms with van der Waals surface area (Å²) in [5.41, 5.74) is 2.18. The predicted octanol–water partition coefficient (Wildman–Crippen LogP) is 4.69. The summed E-state index contributed by atoms with van der Waals surface area (Å²) >= 11 is 12.0.